The van der Waals surface area contributed by atoms with Crippen LogP contribution in [0.3, 0.4) is 0 Å². The topological polar surface area (TPSA) is 81.8 Å². The number of rotatable bonds is 7. The van der Waals surface area contributed by atoms with E-state index in [1.165, 1.54) is 4.68 Å². The second-order valence-electron chi connectivity index (χ2n) is 6.83. The lowest BCUT2D eigenvalue weighted by molar-refractivity contribution is -0.122. The minimum absolute atomic E-state index is 0.112. The molecule has 1 atom stereocenters. The number of nitrogens with one attached hydrogen (secondary N) is 1. The van der Waals surface area contributed by atoms with E-state index in [1.807, 2.05) is 48.5 Å². The predicted molar refractivity (Wildman–Crippen MR) is 102 cm³/mol. The molecule has 1 aromatic heterocycles. The maximum Gasteiger partial charge on any atom is 0.368 e. The summed E-state index contributed by atoms with van der Waals surface area (Å²) in [6.07, 6.45) is 0.807. The Balaban J connectivity index is 1.73. The summed E-state index contributed by atoms with van der Waals surface area (Å²) in [6, 6.07) is 18.7. The van der Waals surface area contributed by atoms with Gasteiger partial charge in [0.05, 0.1) is 11.7 Å². The second kappa shape index (κ2) is 8.44. The molecule has 0 saturated carbocycles. The third kappa shape index (κ3) is 4.69. The van der Waals surface area contributed by atoms with Gasteiger partial charge in [-0.1, -0.05) is 62.4 Å². The Labute approximate surface area is 157 Å². The normalized spacial score (nSPS) is 12.1. The Morgan fingerprint density at radius 3 is 2.26 bits per heavy atom. The fourth-order valence-electron chi connectivity index (χ4n) is 2.92. The summed E-state index contributed by atoms with van der Waals surface area (Å²) in [7, 11) is 0. The van der Waals surface area contributed by atoms with Crippen LogP contribution in [0.1, 0.15) is 31.9 Å². The van der Waals surface area contributed by atoms with E-state index in [4.69, 9.17) is 0 Å². The molecule has 0 aliphatic rings. The molecule has 0 aliphatic heterocycles. The molecular weight excluding hydrogens is 342 g/mol. The minimum Gasteiger partial charge on any atom is -0.348 e. The molecule has 0 bridgehead atoms. The van der Waals surface area contributed by atoms with E-state index in [0.29, 0.717) is 11.6 Å². The fraction of sp³-hybridized carbons (Fsp3) is 0.300. The lowest BCUT2D eigenvalue weighted by Crippen LogP contribution is -2.36. The van der Waals surface area contributed by atoms with E-state index in [-0.39, 0.29) is 18.5 Å². The lowest BCUT2D eigenvalue weighted by Gasteiger charge is -2.21. The molecule has 1 N–H and O–H groups in total. The van der Waals surface area contributed by atoms with Crippen LogP contribution in [0.2, 0.25) is 0 Å². The van der Waals surface area contributed by atoms with Crippen molar-refractivity contribution in [1.29, 1.82) is 0 Å². The van der Waals surface area contributed by atoms with Gasteiger partial charge in [0, 0.05) is 0 Å². The van der Waals surface area contributed by atoms with Gasteiger partial charge < -0.3 is 5.32 Å². The van der Waals surface area contributed by atoms with Gasteiger partial charge in [0.2, 0.25) is 5.91 Å². The van der Waals surface area contributed by atoms with Gasteiger partial charge in [0.25, 0.3) is 0 Å². The number of tetrazole rings is 1. The summed E-state index contributed by atoms with van der Waals surface area (Å²) >= 11 is 0. The Morgan fingerprint density at radius 2 is 1.63 bits per heavy atom. The van der Waals surface area contributed by atoms with Gasteiger partial charge in [0.15, 0.2) is 0 Å². The van der Waals surface area contributed by atoms with Crippen LogP contribution in [0.5, 0.6) is 0 Å². The molecule has 0 aliphatic carbocycles. The third-order valence-corrected chi connectivity index (χ3v) is 4.18. The molecule has 0 spiro atoms. The number of amides is 1. The molecule has 2 aromatic carbocycles. The average molecular weight is 365 g/mol. The molecule has 0 fully saturated rings. The van der Waals surface area contributed by atoms with Crippen molar-refractivity contribution in [2.24, 2.45) is 5.92 Å². The molecule has 0 radical (unpaired) electrons. The van der Waals surface area contributed by atoms with E-state index < -0.39 is 5.69 Å². The molecule has 140 valence electrons. The Kier molecular flexibility index (Phi) is 5.80. The Morgan fingerprint density at radius 1 is 1.00 bits per heavy atom. The van der Waals surface area contributed by atoms with Crippen molar-refractivity contribution in [3.63, 3.8) is 0 Å². The van der Waals surface area contributed by atoms with Crippen LogP contribution in [0.25, 0.3) is 5.69 Å². The van der Waals surface area contributed by atoms with Gasteiger partial charge in [-0.25, -0.2) is 4.79 Å². The first-order valence-electron chi connectivity index (χ1n) is 8.97. The van der Waals surface area contributed by atoms with Crippen molar-refractivity contribution < 1.29 is 4.79 Å². The Hall–Kier alpha value is -3.22. The summed E-state index contributed by atoms with van der Waals surface area (Å²) in [4.78, 5) is 25.0. The largest absolute Gasteiger partial charge is 0.368 e. The van der Waals surface area contributed by atoms with E-state index in [2.05, 4.69) is 29.6 Å². The first-order chi connectivity index (χ1) is 13.0. The summed E-state index contributed by atoms with van der Waals surface area (Å²) in [5, 5.41) is 10.7. The number of carbonyl (C=O) groups is 1. The summed E-state index contributed by atoms with van der Waals surface area (Å²) in [5.41, 5.74) is 1.20. The van der Waals surface area contributed by atoms with Gasteiger partial charge in [-0.05, 0) is 40.5 Å². The zero-order valence-corrected chi connectivity index (χ0v) is 15.4. The number of benzene rings is 2. The lowest BCUT2D eigenvalue weighted by atomic mass is 9.97. The second-order valence-corrected chi connectivity index (χ2v) is 6.83. The van der Waals surface area contributed by atoms with Crippen molar-refractivity contribution in [1.82, 2.24) is 25.1 Å². The summed E-state index contributed by atoms with van der Waals surface area (Å²) in [6.45, 7) is 4.04. The van der Waals surface area contributed by atoms with Crippen molar-refractivity contribution in [2.75, 3.05) is 0 Å². The van der Waals surface area contributed by atoms with E-state index in [0.717, 1.165) is 16.7 Å². The van der Waals surface area contributed by atoms with E-state index in [1.54, 1.807) is 12.1 Å². The van der Waals surface area contributed by atoms with E-state index in [9.17, 15) is 9.59 Å². The van der Waals surface area contributed by atoms with Gasteiger partial charge in [-0.3, -0.25) is 4.79 Å². The average Bonchev–Trinajstić information content (AvgIpc) is 3.02. The highest BCUT2D eigenvalue weighted by molar-refractivity contribution is 5.76. The zero-order chi connectivity index (χ0) is 19.2. The monoisotopic (exact) mass is 365 g/mol. The van der Waals surface area contributed by atoms with Crippen LogP contribution in [-0.2, 0) is 11.3 Å². The number of para-hydroxylation sites is 1. The molecule has 0 saturated heterocycles. The summed E-state index contributed by atoms with van der Waals surface area (Å²) in [5.74, 6) is 0.142. The van der Waals surface area contributed by atoms with Crippen molar-refractivity contribution in [3.05, 3.63) is 76.7 Å². The smallest absolute Gasteiger partial charge is 0.348 e. The SMILES string of the molecule is CC(C)C[C@@H](NC(=O)Cn1nnn(-c2ccccc2)c1=O)c1ccccc1. The van der Waals surface area contributed by atoms with Crippen LogP contribution in [0.4, 0.5) is 0 Å². The van der Waals surface area contributed by atoms with Gasteiger partial charge in [0.1, 0.15) is 6.54 Å². The molecule has 3 rings (SSSR count). The minimum atomic E-state index is -0.448. The van der Waals surface area contributed by atoms with Crippen LogP contribution in [0, 0.1) is 5.92 Å². The van der Waals surface area contributed by atoms with Crippen LogP contribution >= 0.6 is 0 Å². The molecule has 7 nitrogen and oxygen atoms in total. The third-order valence-electron chi connectivity index (χ3n) is 4.18. The van der Waals surface area contributed by atoms with Gasteiger partial charge >= 0.3 is 5.69 Å². The van der Waals surface area contributed by atoms with Crippen molar-refractivity contribution in [3.8, 4) is 5.69 Å². The number of aromatic nitrogens is 4. The number of hydrogen-bond donors (Lipinski definition) is 1. The first kappa shape index (κ1) is 18.6. The predicted octanol–water partition coefficient (Wildman–Crippen LogP) is 2.33. The highest BCUT2D eigenvalue weighted by Gasteiger charge is 2.18. The highest BCUT2D eigenvalue weighted by atomic mass is 16.2. The van der Waals surface area contributed by atoms with Crippen LogP contribution in [0.15, 0.2) is 65.5 Å². The quantitative estimate of drug-likeness (QED) is 0.697. The van der Waals surface area contributed by atoms with Crippen LogP contribution in [-0.4, -0.2) is 25.7 Å². The van der Waals surface area contributed by atoms with Gasteiger partial charge in [-0.15, -0.1) is 0 Å². The van der Waals surface area contributed by atoms with Crippen molar-refractivity contribution in [2.45, 2.75) is 32.9 Å². The van der Waals surface area contributed by atoms with Gasteiger partial charge in [-0.2, -0.15) is 9.36 Å². The molecule has 1 heterocycles. The maximum atomic E-state index is 12.5. The van der Waals surface area contributed by atoms with Crippen LogP contribution < -0.4 is 11.0 Å². The first-order valence-corrected chi connectivity index (χ1v) is 8.97. The zero-order valence-electron chi connectivity index (χ0n) is 15.4. The standard InChI is InChI=1S/C20H23N5O2/c1-15(2)13-18(16-9-5-3-6-10-16)21-19(26)14-24-20(27)25(23-22-24)17-11-7-4-8-12-17/h3-12,15,18H,13-14H2,1-2H3,(H,21,26)/t18-/m1/s1. The van der Waals surface area contributed by atoms with Crippen molar-refractivity contribution >= 4 is 5.91 Å². The fourth-order valence-corrected chi connectivity index (χ4v) is 2.92. The number of hydrogen-bond acceptors (Lipinski definition) is 4. The molecule has 1 amide bonds. The Bertz CT molecular complexity index is 932. The molecular formula is C20H23N5O2. The number of nitrogens with zero attached hydrogens (tertiary/aromatic N) is 4. The molecule has 27 heavy (non-hydrogen) atoms. The maximum absolute atomic E-state index is 12.5. The molecule has 3 aromatic rings. The molecule has 0 unspecified atom stereocenters. The summed E-state index contributed by atoms with van der Waals surface area (Å²) < 4.78 is 2.25. The highest BCUT2D eigenvalue weighted by Crippen LogP contribution is 2.20. The number of carbonyl (C=O) groups excluding carboxylic acids is 1. The van der Waals surface area contributed by atoms with E-state index >= 15 is 0 Å². The molecule has 7 heteroatoms.